The molecule has 0 saturated carbocycles. The fourth-order valence-corrected chi connectivity index (χ4v) is 4.14. The highest BCUT2D eigenvalue weighted by molar-refractivity contribution is 7.99. The van der Waals surface area contributed by atoms with Crippen LogP contribution in [-0.2, 0) is 6.54 Å². The number of hydrogen-bond acceptors (Lipinski definition) is 6. The van der Waals surface area contributed by atoms with Crippen molar-refractivity contribution in [3.8, 4) is 5.75 Å². The monoisotopic (exact) mass is 449 g/mol. The molecule has 32 heavy (non-hydrogen) atoms. The number of fused-ring (bicyclic) bond motifs is 1. The van der Waals surface area contributed by atoms with Crippen molar-refractivity contribution in [1.82, 2.24) is 19.5 Å². The first kappa shape index (κ1) is 22.0. The number of aromatic nitrogens is 4. The smallest absolute Gasteiger partial charge is 0.328 e. The Balaban J connectivity index is 1.82. The molecule has 0 unspecified atom stereocenters. The second kappa shape index (κ2) is 9.48. The third kappa shape index (κ3) is 4.50. The largest absolute Gasteiger partial charge is 0.497 e. The second-order valence-corrected chi connectivity index (χ2v) is 8.70. The molecule has 2 aromatic heterocycles. The Hall–Kier alpha value is -3.26. The Labute approximate surface area is 191 Å². The number of imidazole rings is 1. The van der Waals surface area contributed by atoms with Gasteiger partial charge in [-0.15, -0.1) is 0 Å². The van der Waals surface area contributed by atoms with E-state index in [0.717, 1.165) is 29.2 Å². The molecular formula is C24H27N5O2S. The number of anilines is 2. The number of nitrogens with one attached hydrogen (secondary N) is 1. The van der Waals surface area contributed by atoms with Gasteiger partial charge in [-0.3, -0.25) is 4.57 Å². The average Bonchev–Trinajstić information content (AvgIpc) is 3.13. The molecular weight excluding hydrogens is 422 g/mol. The quantitative estimate of drug-likeness (QED) is 0.309. The van der Waals surface area contributed by atoms with Crippen LogP contribution in [0.5, 0.6) is 5.75 Å². The number of rotatable bonds is 8. The van der Waals surface area contributed by atoms with Gasteiger partial charge in [0.05, 0.1) is 13.7 Å². The zero-order chi connectivity index (χ0) is 22.7. The van der Waals surface area contributed by atoms with Gasteiger partial charge in [-0.1, -0.05) is 48.5 Å². The third-order valence-corrected chi connectivity index (χ3v) is 6.31. The van der Waals surface area contributed by atoms with E-state index >= 15 is 0 Å². The van der Waals surface area contributed by atoms with Gasteiger partial charge in [0.1, 0.15) is 11.3 Å². The molecule has 0 aliphatic carbocycles. The molecule has 0 spiro atoms. The summed E-state index contributed by atoms with van der Waals surface area (Å²) in [5, 5.41) is 0.659. The van der Waals surface area contributed by atoms with Crippen LogP contribution < -0.4 is 15.3 Å². The van der Waals surface area contributed by atoms with Crippen molar-refractivity contribution >= 4 is 34.4 Å². The van der Waals surface area contributed by atoms with Crippen LogP contribution in [0.3, 0.4) is 0 Å². The molecule has 0 aliphatic heterocycles. The van der Waals surface area contributed by atoms with Gasteiger partial charge in [0, 0.05) is 18.5 Å². The van der Waals surface area contributed by atoms with Gasteiger partial charge in [0.2, 0.25) is 0 Å². The Morgan fingerprint density at radius 3 is 2.47 bits per heavy atom. The number of aromatic amines is 1. The standard InChI is InChI=1S/C24H27N5O2S/c1-5-14-32-23-26-21(28(3)18-10-12-19(31-4)13-11-18)20-22(27-23)29(24(30)25-20)15-17-8-6-16(2)7-9-17/h6-13H,5,14-15H2,1-4H3,(H,25,30). The van der Waals surface area contributed by atoms with Crippen LogP contribution in [0.15, 0.2) is 58.5 Å². The number of nitrogens with zero attached hydrogens (tertiary/aromatic N) is 4. The van der Waals surface area contributed by atoms with E-state index in [1.54, 1.807) is 23.4 Å². The number of benzene rings is 2. The van der Waals surface area contributed by atoms with E-state index in [1.165, 1.54) is 5.56 Å². The first-order valence-electron chi connectivity index (χ1n) is 10.6. The number of H-pyrrole nitrogens is 1. The molecule has 4 aromatic rings. The molecule has 1 N–H and O–H groups in total. The van der Waals surface area contributed by atoms with E-state index in [2.05, 4.69) is 24.0 Å². The highest BCUT2D eigenvalue weighted by atomic mass is 32.2. The Morgan fingerprint density at radius 1 is 1.09 bits per heavy atom. The maximum atomic E-state index is 12.9. The third-order valence-electron chi connectivity index (χ3n) is 5.26. The molecule has 0 amide bonds. The summed E-state index contributed by atoms with van der Waals surface area (Å²) < 4.78 is 6.96. The molecule has 0 saturated heterocycles. The molecule has 0 radical (unpaired) electrons. The summed E-state index contributed by atoms with van der Waals surface area (Å²) in [6, 6.07) is 15.9. The van der Waals surface area contributed by atoms with E-state index in [0.29, 0.717) is 28.7 Å². The van der Waals surface area contributed by atoms with Crippen molar-refractivity contribution < 1.29 is 4.74 Å². The van der Waals surface area contributed by atoms with Crippen molar-refractivity contribution in [3.63, 3.8) is 0 Å². The van der Waals surface area contributed by atoms with Gasteiger partial charge in [0.25, 0.3) is 0 Å². The maximum Gasteiger partial charge on any atom is 0.328 e. The minimum absolute atomic E-state index is 0.197. The van der Waals surface area contributed by atoms with Gasteiger partial charge in [-0.25, -0.2) is 14.8 Å². The van der Waals surface area contributed by atoms with Crippen LogP contribution in [0.25, 0.3) is 11.2 Å². The SMILES string of the molecule is CCCSc1nc(N(C)c2ccc(OC)cc2)c2[nH]c(=O)n(Cc3ccc(C)cc3)c2n1. The van der Waals surface area contributed by atoms with Gasteiger partial charge in [-0.2, -0.15) is 0 Å². The van der Waals surface area contributed by atoms with Crippen molar-refractivity contribution in [2.45, 2.75) is 32.0 Å². The molecule has 2 heterocycles. The lowest BCUT2D eigenvalue weighted by molar-refractivity contribution is 0.415. The first-order valence-corrected chi connectivity index (χ1v) is 11.6. The van der Waals surface area contributed by atoms with E-state index in [1.807, 2.05) is 55.3 Å². The van der Waals surface area contributed by atoms with E-state index in [9.17, 15) is 4.79 Å². The minimum Gasteiger partial charge on any atom is -0.497 e. The molecule has 7 nitrogen and oxygen atoms in total. The molecule has 0 aliphatic rings. The van der Waals surface area contributed by atoms with Gasteiger partial charge in [0.15, 0.2) is 16.6 Å². The number of ether oxygens (including phenoxy) is 1. The van der Waals surface area contributed by atoms with E-state index < -0.39 is 0 Å². The Bertz CT molecular complexity index is 1260. The molecule has 166 valence electrons. The normalized spacial score (nSPS) is 11.1. The predicted molar refractivity (Wildman–Crippen MR) is 131 cm³/mol. The maximum absolute atomic E-state index is 12.9. The van der Waals surface area contributed by atoms with Crippen molar-refractivity contribution in [1.29, 1.82) is 0 Å². The fraction of sp³-hybridized carbons (Fsp3) is 0.292. The van der Waals surface area contributed by atoms with Gasteiger partial charge < -0.3 is 14.6 Å². The first-order chi connectivity index (χ1) is 15.5. The van der Waals surface area contributed by atoms with Crippen LogP contribution in [0.2, 0.25) is 0 Å². The second-order valence-electron chi connectivity index (χ2n) is 7.64. The highest BCUT2D eigenvalue weighted by Crippen LogP contribution is 2.30. The van der Waals surface area contributed by atoms with Crippen molar-refractivity contribution in [3.05, 3.63) is 70.1 Å². The van der Waals surface area contributed by atoms with Crippen molar-refractivity contribution in [2.75, 3.05) is 24.8 Å². The van der Waals surface area contributed by atoms with Gasteiger partial charge >= 0.3 is 5.69 Å². The summed E-state index contributed by atoms with van der Waals surface area (Å²) in [6.07, 6.45) is 1.01. The van der Waals surface area contributed by atoms with E-state index in [4.69, 9.17) is 14.7 Å². The Morgan fingerprint density at radius 2 is 1.81 bits per heavy atom. The number of hydrogen-bond donors (Lipinski definition) is 1. The lowest BCUT2D eigenvalue weighted by atomic mass is 10.1. The van der Waals surface area contributed by atoms with Crippen LogP contribution in [0, 0.1) is 6.92 Å². The lowest BCUT2D eigenvalue weighted by Gasteiger charge is -2.20. The molecule has 0 atom stereocenters. The number of methoxy groups -OCH3 is 1. The van der Waals surface area contributed by atoms with Crippen molar-refractivity contribution in [2.24, 2.45) is 0 Å². The zero-order valence-electron chi connectivity index (χ0n) is 18.8. The summed E-state index contributed by atoms with van der Waals surface area (Å²) in [6.45, 7) is 4.62. The molecule has 2 aromatic carbocycles. The fourth-order valence-electron chi connectivity index (χ4n) is 3.45. The number of aryl methyl sites for hydroxylation is 1. The summed E-state index contributed by atoms with van der Waals surface area (Å²) in [5.74, 6) is 2.36. The molecule has 4 rings (SSSR count). The molecule has 8 heteroatoms. The van der Waals surface area contributed by atoms with Crippen LogP contribution in [-0.4, -0.2) is 39.4 Å². The molecule has 0 fully saturated rings. The van der Waals surface area contributed by atoms with Crippen LogP contribution in [0.1, 0.15) is 24.5 Å². The Kier molecular flexibility index (Phi) is 6.50. The highest BCUT2D eigenvalue weighted by Gasteiger charge is 2.19. The topological polar surface area (TPSA) is 76.0 Å². The minimum atomic E-state index is -0.197. The van der Waals surface area contributed by atoms with Gasteiger partial charge in [-0.05, 0) is 43.2 Å². The lowest BCUT2D eigenvalue weighted by Crippen LogP contribution is -2.17. The summed E-state index contributed by atoms with van der Waals surface area (Å²) >= 11 is 1.60. The summed E-state index contributed by atoms with van der Waals surface area (Å²) in [4.78, 5) is 27.4. The number of thioether (sulfide) groups is 1. The predicted octanol–water partition coefficient (Wildman–Crippen LogP) is 4.75. The van der Waals surface area contributed by atoms with Crippen LogP contribution >= 0.6 is 11.8 Å². The zero-order valence-corrected chi connectivity index (χ0v) is 19.6. The summed E-state index contributed by atoms with van der Waals surface area (Å²) in [5.41, 5.74) is 4.20. The molecule has 0 bridgehead atoms. The average molecular weight is 450 g/mol. The van der Waals surface area contributed by atoms with Crippen LogP contribution in [0.4, 0.5) is 11.5 Å². The summed E-state index contributed by atoms with van der Waals surface area (Å²) in [7, 11) is 3.58. The van der Waals surface area contributed by atoms with E-state index in [-0.39, 0.29) is 5.69 Å².